The number of ketones is 1. The van der Waals surface area contributed by atoms with Crippen molar-refractivity contribution in [3.05, 3.63) is 28.2 Å². The van der Waals surface area contributed by atoms with Gasteiger partial charge in [0.2, 0.25) is 0 Å². The van der Waals surface area contributed by atoms with Crippen LogP contribution in [-0.4, -0.2) is 25.5 Å². The van der Waals surface area contributed by atoms with Crippen LogP contribution in [0.25, 0.3) is 0 Å². The van der Waals surface area contributed by atoms with E-state index in [1.807, 2.05) is 18.2 Å². The van der Waals surface area contributed by atoms with Gasteiger partial charge < -0.3 is 10.1 Å². The molecule has 16 heavy (non-hydrogen) atoms. The third-order valence-corrected chi connectivity index (χ3v) is 2.89. The van der Waals surface area contributed by atoms with Crippen molar-refractivity contribution >= 4 is 21.7 Å². The van der Waals surface area contributed by atoms with Crippen molar-refractivity contribution in [1.82, 2.24) is 5.32 Å². The van der Waals surface area contributed by atoms with Gasteiger partial charge in [0.15, 0.2) is 5.78 Å². The van der Waals surface area contributed by atoms with E-state index in [2.05, 4.69) is 21.2 Å². The Morgan fingerprint density at radius 2 is 2.31 bits per heavy atom. The predicted molar refractivity (Wildman–Crippen MR) is 66.0 cm³/mol. The van der Waals surface area contributed by atoms with Crippen molar-refractivity contribution in [2.24, 2.45) is 0 Å². The molecule has 1 saturated carbocycles. The van der Waals surface area contributed by atoms with E-state index in [-0.39, 0.29) is 5.78 Å². The number of ether oxygens (including phenoxy) is 1. The lowest BCUT2D eigenvalue weighted by molar-refractivity contribution is 0.0989. The summed E-state index contributed by atoms with van der Waals surface area (Å²) in [5.41, 5.74) is 0.649. The number of Topliss-reactive ketones (excluding diaryl/α,β-unsaturated/α-hetero) is 1. The minimum atomic E-state index is 0.0550. The molecular formula is C12H14BrNO2. The average Bonchev–Trinajstić information content (AvgIpc) is 3.05. The van der Waals surface area contributed by atoms with Gasteiger partial charge in [0, 0.05) is 4.47 Å². The van der Waals surface area contributed by atoms with E-state index in [1.165, 1.54) is 0 Å². The molecule has 0 heterocycles. The van der Waals surface area contributed by atoms with Gasteiger partial charge in [-0.05, 0) is 38.1 Å². The summed E-state index contributed by atoms with van der Waals surface area (Å²) in [7, 11) is 1.76. The summed E-state index contributed by atoms with van der Waals surface area (Å²) in [6.07, 6.45) is 2.49. The van der Waals surface area contributed by atoms with Crippen LogP contribution in [0.5, 0.6) is 5.75 Å². The highest BCUT2D eigenvalue weighted by molar-refractivity contribution is 9.10. The van der Waals surface area contributed by atoms with Crippen LogP contribution in [0.3, 0.4) is 0 Å². The highest BCUT2D eigenvalue weighted by atomic mass is 79.9. The Morgan fingerprint density at radius 3 is 2.94 bits per heavy atom. The molecule has 0 aliphatic heterocycles. The van der Waals surface area contributed by atoms with Crippen LogP contribution in [0, 0.1) is 0 Å². The minimum absolute atomic E-state index is 0.0550. The zero-order valence-corrected chi connectivity index (χ0v) is 10.7. The second-order valence-corrected chi connectivity index (χ2v) is 4.83. The maximum Gasteiger partial charge on any atom is 0.180 e. The van der Waals surface area contributed by atoms with Gasteiger partial charge in [0.05, 0.1) is 18.2 Å². The summed E-state index contributed by atoms with van der Waals surface area (Å²) in [5.74, 6) is 0.755. The molecule has 1 fully saturated rings. The SMILES string of the molecule is CNCC(=O)c1cc(Br)ccc1OC1CC1. The summed E-state index contributed by atoms with van der Waals surface area (Å²) in [5, 5.41) is 2.86. The fourth-order valence-corrected chi connectivity index (χ4v) is 1.81. The van der Waals surface area contributed by atoms with Crippen LogP contribution in [0.2, 0.25) is 0 Å². The van der Waals surface area contributed by atoms with Crippen LogP contribution in [0.15, 0.2) is 22.7 Å². The minimum Gasteiger partial charge on any atom is -0.490 e. The molecule has 0 aromatic heterocycles. The number of hydrogen-bond donors (Lipinski definition) is 1. The highest BCUT2D eigenvalue weighted by Crippen LogP contribution is 2.30. The molecule has 4 heteroatoms. The van der Waals surface area contributed by atoms with Gasteiger partial charge in [-0.2, -0.15) is 0 Å². The number of benzene rings is 1. The Bertz CT molecular complexity index is 402. The summed E-state index contributed by atoms with van der Waals surface area (Å²) < 4.78 is 6.61. The zero-order chi connectivity index (χ0) is 11.5. The Morgan fingerprint density at radius 1 is 1.56 bits per heavy atom. The van der Waals surface area contributed by atoms with Crippen LogP contribution in [0.4, 0.5) is 0 Å². The van der Waals surface area contributed by atoms with Gasteiger partial charge >= 0.3 is 0 Å². The van der Waals surface area contributed by atoms with Gasteiger partial charge in [-0.1, -0.05) is 15.9 Å². The first kappa shape index (κ1) is 11.6. The average molecular weight is 284 g/mol. The van der Waals surface area contributed by atoms with Gasteiger partial charge in [-0.25, -0.2) is 0 Å². The van der Waals surface area contributed by atoms with Gasteiger partial charge in [-0.3, -0.25) is 4.79 Å². The molecule has 0 bridgehead atoms. The van der Waals surface area contributed by atoms with Crippen LogP contribution in [-0.2, 0) is 0 Å². The van der Waals surface area contributed by atoms with Crippen LogP contribution in [0.1, 0.15) is 23.2 Å². The Labute approximate surface area is 103 Å². The number of carbonyl (C=O) groups excluding carboxylic acids is 1. The largest absolute Gasteiger partial charge is 0.490 e. The molecule has 0 amide bonds. The molecule has 86 valence electrons. The third-order valence-electron chi connectivity index (χ3n) is 2.40. The Hall–Kier alpha value is -0.870. The van der Waals surface area contributed by atoms with Crippen LogP contribution >= 0.6 is 15.9 Å². The summed E-state index contributed by atoms with van der Waals surface area (Å²) in [6.45, 7) is 0.331. The van der Waals surface area contributed by atoms with Gasteiger partial charge in [0.25, 0.3) is 0 Å². The van der Waals surface area contributed by atoms with Crippen molar-refractivity contribution < 1.29 is 9.53 Å². The summed E-state index contributed by atoms with van der Waals surface area (Å²) in [4.78, 5) is 11.9. The summed E-state index contributed by atoms with van der Waals surface area (Å²) >= 11 is 3.37. The first-order valence-electron chi connectivity index (χ1n) is 5.34. The molecule has 0 unspecified atom stereocenters. The Kier molecular flexibility index (Phi) is 3.61. The van der Waals surface area contributed by atoms with E-state index in [0.29, 0.717) is 24.0 Å². The number of hydrogen-bond acceptors (Lipinski definition) is 3. The number of halogens is 1. The summed E-state index contributed by atoms with van der Waals surface area (Å²) in [6, 6.07) is 5.57. The molecule has 1 aliphatic carbocycles. The van der Waals surface area contributed by atoms with Crippen molar-refractivity contribution in [2.45, 2.75) is 18.9 Å². The number of nitrogens with one attached hydrogen (secondary N) is 1. The molecule has 2 rings (SSSR count). The smallest absolute Gasteiger partial charge is 0.180 e. The first-order chi connectivity index (χ1) is 7.70. The maximum atomic E-state index is 11.9. The Balaban J connectivity index is 2.23. The third kappa shape index (κ3) is 2.83. The lowest BCUT2D eigenvalue weighted by atomic mass is 10.1. The zero-order valence-electron chi connectivity index (χ0n) is 9.13. The van der Waals surface area contributed by atoms with Crippen molar-refractivity contribution in [2.75, 3.05) is 13.6 Å². The van der Waals surface area contributed by atoms with E-state index in [4.69, 9.17) is 4.74 Å². The molecule has 0 radical (unpaired) electrons. The molecule has 0 saturated heterocycles. The molecular weight excluding hydrogens is 270 g/mol. The quantitative estimate of drug-likeness (QED) is 0.844. The topological polar surface area (TPSA) is 38.3 Å². The normalized spacial score (nSPS) is 14.9. The van der Waals surface area contributed by atoms with Crippen molar-refractivity contribution in [3.8, 4) is 5.75 Å². The maximum absolute atomic E-state index is 11.9. The second kappa shape index (κ2) is 4.97. The monoisotopic (exact) mass is 283 g/mol. The highest BCUT2D eigenvalue weighted by Gasteiger charge is 2.25. The number of likely N-dealkylation sites (N-methyl/N-ethyl adjacent to an activating group) is 1. The van der Waals surface area contributed by atoms with Crippen molar-refractivity contribution in [1.29, 1.82) is 0 Å². The standard InChI is InChI=1S/C12H14BrNO2/c1-14-7-11(15)10-6-8(13)2-5-12(10)16-9-3-4-9/h2,5-6,9,14H,3-4,7H2,1H3. The molecule has 1 aromatic carbocycles. The molecule has 1 N–H and O–H groups in total. The van der Waals surface area contributed by atoms with E-state index in [0.717, 1.165) is 17.3 Å². The van der Waals surface area contributed by atoms with Crippen LogP contribution < -0.4 is 10.1 Å². The van der Waals surface area contributed by atoms with Gasteiger partial charge in [0.1, 0.15) is 5.75 Å². The number of rotatable bonds is 5. The van der Waals surface area contributed by atoms with E-state index in [9.17, 15) is 4.79 Å². The molecule has 3 nitrogen and oxygen atoms in total. The fraction of sp³-hybridized carbons (Fsp3) is 0.417. The lowest BCUT2D eigenvalue weighted by Gasteiger charge is -2.10. The fourth-order valence-electron chi connectivity index (χ4n) is 1.44. The van der Waals surface area contributed by atoms with E-state index >= 15 is 0 Å². The van der Waals surface area contributed by atoms with Crippen molar-refractivity contribution in [3.63, 3.8) is 0 Å². The van der Waals surface area contributed by atoms with Gasteiger partial charge in [-0.15, -0.1) is 0 Å². The first-order valence-corrected chi connectivity index (χ1v) is 6.14. The molecule has 1 aromatic rings. The molecule has 0 spiro atoms. The predicted octanol–water partition coefficient (Wildman–Crippen LogP) is 2.39. The van der Waals surface area contributed by atoms with E-state index in [1.54, 1.807) is 7.05 Å². The second-order valence-electron chi connectivity index (χ2n) is 3.91. The molecule has 0 atom stereocenters. The van der Waals surface area contributed by atoms with E-state index < -0.39 is 0 Å². The lowest BCUT2D eigenvalue weighted by Crippen LogP contribution is -2.19. The number of carbonyl (C=O) groups is 1. The molecule has 1 aliphatic rings.